The summed E-state index contributed by atoms with van der Waals surface area (Å²) in [6.45, 7) is 26.7. The molecule has 0 bridgehead atoms. The van der Waals surface area contributed by atoms with Crippen LogP contribution in [0.15, 0.2) is 29.9 Å². The highest BCUT2D eigenvalue weighted by molar-refractivity contribution is 6.74. The summed E-state index contributed by atoms with van der Waals surface area (Å²) in [5.41, 5.74) is 0.716. The highest BCUT2D eigenvalue weighted by Crippen LogP contribution is 2.41. The van der Waals surface area contributed by atoms with E-state index in [0.717, 1.165) is 5.06 Å². The Morgan fingerprint density at radius 1 is 1.00 bits per heavy atom. The number of anilines is 1. The molecule has 1 amide bonds. The van der Waals surface area contributed by atoms with Gasteiger partial charge < -0.3 is 32.8 Å². The smallest absolute Gasteiger partial charge is 0.439 e. The molecule has 2 saturated heterocycles. The molecule has 0 unspecified atom stereocenters. The zero-order valence-corrected chi connectivity index (χ0v) is 34.5. The normalized spacial score (nSPS) is 25.4. The summed E-state index contributed by atoms with van der Waals surface area (Å²) in [5.74, 6) is -2.26. The number of rotatable bonds is 6. The van der Waals surface area contributed by atoms with E-state index in [4.69, 9.17) is 37.7 Å². The van der Waals surface area contributed by atoms with Crippen LogP contribution in [0, 0.1) is 0 Å². The molecule has 0 aromatic heterocycles. The van der Waals surface area contributed by atoms with Crippen LogP contribution in [0.4, 0.5) is 10.5 Å². The fourth-order valence-corrected chi connectivity index (χ4v) is 6.62. The molecule has 290 valence electrons. The van der Waals surface area contributed by atoms with Crippen molar-refractivity contribution in [2.45, 2.75) is 156 Å². The molecule has 0 aliphatic carbocycles. The van der Waals surface area contributed by atoms with Crippen molar-refractivity contribution in [1.29, 1.82) is 0 Å². The SMILES string of the molecule is CC1=CCC(=O)[C@H]2OC(C)(C)O[C@H]2CC=Cc2cc(N(OC[C@H]3COC(C)(C)O3)C(=O)OC(C)(C)C)cc(O[Si](C)(C)C(C)(C)C)c2C(=O)O[C@H]1C. The number of Topliss-reactive ketones (excluding diaryl/α,β-unsaturated/α-hetero) is 1. The van der Waals surface area contributed by atoms with E-state index in [1.54, 1.807) is 65.8 Å². The van der Waals surface area contributed by atoms with Gasteiger partial charge in [0.05, 0.1) is 18.4 Å². The average Bonchev–Trinajstić information content (AvgIpc) is 3.49. The molecule has 1 aromatic carbocycles. The van der Waals surface area contributed by atoms with Gasteiger partial charge in [-0.1, -0.05) is 39.0 Å². The van der Waals surface area contributed by atoms with Crippen molar-refractivity contribution in [3.8, 4) is 5.75 Å². The topological polar surface area (TPSA) is 128 Å². The van der Waals surface area contributed by atoms with Crippen molar-refractivity contribution < 1.29 is 52.1 Å². The van der Waals surface area contributed by atoms with Gasteiger partial charge in [0.2, 0.25) is 0 Å². The highest BCUT2D eigenvalue weighted by atomic mass is 28.4. The molecule has 3 aliphatic heterocycles. The largest absolute Gasteiger partial charge is 0.543 e. The number of ether oxygens (including phenoxy) is 6. The fourth-order valence-electron chi connectivity index (χ4n) is 5.60. The number of cyclic esters (lactones) is 1. The molecule has 52 heavy (non-hydrogen) atoms. The van der Waals surface area contributed by atoms with Gasteiger partial charge in [-0.2, -0.15) is 5.06 Å². The van der Waals surface area contributed by atoms with Crippen molar-refractivity contribution in [3.63, 3.8) is 0 Å². The molecule has 0 spiro atoms. The van der Waals surface area contributed by atoms with E-state index in [1.165, 1.54) is 0 Å². The molecule has 4 atom stereocenters. The molecule has 1 aromatic rings. The predicted molar refractivity (Wildman–Crippen MR) is 200 cm³/mol. The second-order valence-corrected chi connectivity index (χ2v) is 21.9. The first-order valence-electron chi connectivity index (χ1n) is 18.0. The van der Waals surface area contributed by atoms with Gasteiger partial charge in [0.1, 0.15) is 41.8 Å². The Morgan fingerprint density at radius 3 is 2.27 bits per heavy atom. The summed E-state index contributed by atoms with van der Waals surface area (Å²) in [5, 5.41) is 0.815. The number of ketones is 1. The highest BCUT2D eigenvalue weighted by Gasteiger charge is 2.44. The van der Waals surface area contributed by atoms with E-state index < -0.39 is 62.0 Å². The van der Waals surface area contributed by atoms with Crippen molar-refractivity contribution in [1.82, 2.24) is 0 Å². The Morgan fingerprint density at radius 2 is 1.67 bits per heavy atom. The number of hydrogen-bond donors (Lipinski definition) is 0. The molecule has 13 heteroatoms. The lowest BCUT2D eigenvalue weighted by atomic mass is 9.99. The maximum atomic E-state index is 14.3. The van der Waals surface area contributed by atoms with Crippen LogP contribution in [0.2, 0.25) is 18.1 Å². The zero-order chi connectivity index (χ0) is 39.0. The van der Waals surface area contributed by atoms with Gasteiger partial charge in [-0.25, -0.2) is 9.59 Å². The lowest BCUT2D eigenvalue weighted by Gasteiger charge is -2.37. The second-order valence-electron chi connectivity index (χ2n) is 17.2. The lowest BCUT2D eigenvalue weighted by Crippen LogP contribution is -2.44. The van der Waals surface area contributed by atoms with Gasteiger partial charge in [-0.05, 0) is 104 Å². The van der Waals surface area contributed by atoms with Crippen molar-refractivity contribution in [3.05, 3.63) is 41.0 Å². The van der Waals surface area contributed by atoms with Crippen LogP contribution in [-0.2, 0) is 38.1 Å². The second kappa shape index (κ2) is 15.3. The van der Waals surface area contributed by atoms with Crippen LogP contribution in [0.5, 0.6) is 5.75 Å². The van der Waals surface area contributed by atoms with Gasteiger partial charge in [0.25, 0.3) is 8.32 Å². The molecular formula is C39H59NO11Si. The van der Waals surface area contributed by atoms with Crippen molar-refractivity contribution in [2.75, 3.05) is 18.3 Å². The molecule has 2 fully saturated rings. The minimum atomic E-state index is -2.60. The maximum Gasteiger partial charge on any atom is 0.439 e. The Kier molecular flexibility index (Phi) is 12.3. The summed E-state index contributed by atoms with van der Waals surface area (Å²) in [6.07, 6.45) is 2.51. The number of hydrogen-bond acceptors (Lipinski definition) is 11. The number of nitrogens with zero attached hydrogens (tertiary/aromatic N) is 1. The van der Waals surface area contributed by atoms with E-state index in [1.807, 2.05) is 26.8 Å². The van der Waals surface area contributed by atoms with E-state index in [2.05, 4.69) is 33.9 Å². The third-order valence-electron chi connectivity index (χ3n) is 9.46. The predicted octanol–water partition coefficient (Wildman–Crippen LogP) is 8.28. The average molecular weight is 746 g/mol. The third kappa shape index (κ3) is 10.5. The van der Waals surface area contributed by atoms with Gasteiger partial charge in [-0.3, -0.25) is 9.63 Å². The van der Waals surface area contributed by atoms with Crippen molar-refractivity contribution in [2.24, 2.45) is 0 Å². The third-order valence-corrected chi connectivity index (χ3v) is 13.8. The lowest BCUT2D eigenvalue weighted by molar-refractivity contribution is -0.154. The number of fused-ring (bicyclic) bond motifs is 2. The summed E-state index contributed by atoms with van der Waals surface area (Å²) in [7, 11) is -2.60. The summed E-state index contributed by atoms with van der Waals surface area (Å²) >= 11 is 0. The number of carbonyl (C=O) groups excluding carboxylic acids is 3. The molecule has 0 N–H and O–H groups in total. The van der Waals surface area contributed by atoms with Gasteiger partial charge in [0.15, 0.2) is 17.4 Å². The first-order valence-corrected chi connectivity index (χ1v) is 21.0. The van der Waals surface area contributed by atoms with E-state index in [9.17, 15) is 14.4 Å². The summed E-state index contributed by atoms with van der Waals surface area (Å²) in [4.78, 5) is 47.6. The Hall–Kier alpha value is -3.07. The Labute approximate surface area is 310 Å². The number of esters is 1. The zero-order valence-electron chi connectivity index (χ0n) is 33.5. The van der Waals surface area contributed by atoms with Gasteiger partial charge in [0, 0.05) is 12.5 Å². The number of carbonyl (C=O) groups is 3. The molecule has 3 heterocycles. The van der Waals surface area contributed by atoms with E-state index in [0.29, 0.717) is 17.6 Å². The van der Waals surface area contributed by atoms with E-state index in [-0.39, 0.29) is 47.5 Å². The van der Waals surface area contributed by atoms with Crippen LogP contribution in [0.3, 0.4) is 0 Å². The maximum absolute atomic E-state index is 14.3. The molecule has 12 nitrogen and oxygen atoms in total. The molecule has 0 radical (unpaired) electrons. The van der Waals surface area contributed by atoms with Crippen LogP contribution >= 0.6 is 0 Å². The Bertz CT molecular complexity index is 1570. The minimum absolute atomic E-state index is 0.0244. The monoisotopic (exact) mass is 745 g/mol. The Balaban J connectivity index is 1.90. The minimum Gasteiger partial charge on any atom is -0.543 e. The summed E-state index contributed by atoms with van der Waals surface area (Å²) < 4.78 is 42.6. The van der Waals surface area contributed by atoms with Gasteiger partial charge in [-0.15, -0.1) is 0 Å². The molecular weight excluding hydrogens is 687 g/mol. The number of benzene rings is 1. The molecule has 3 aliphatic rings. The number of hydroxylamine groups is 1. The van der Waals surface area contributed by atoms with Crippen LogP contribution < -0.4 is 9.49 Å². The van der Waals surface area contributed by atoms with Gasteiger partial charge >= 0.3 is 12.1 Å². The molecule has 0 saturated carbocycles. The molecule has 4 rings (SSSR count). The first kappa shape index (κ1) is 41.7. The quantitative estimate of drug-likeness (QED) is 0.121. The number of allylic oxidation sites excluding steroid dienone is 1. The summed E-state index contributed by atoms with van der Waals surface area (Å²) in [6, 6.07) is 3.28. The van der Waals surface area contributed by atoms with Crippen LogP contribution in [0.25, 0.3) is 6.08 Å². The first-order chi connectivity index (χ1) is 23.8. The van der Waals surface area contributed by atoms with Crippen LogP contribution in [0.1, 0.15) is 112 Å². The standard InChI is InChI=1S/C39H59NO11Si/c1-24-18-19-29(41)33-30(48-39(11,12)49-33)17-15-16-26-20-27(21-31(32(26)34(42)46-25(24)2)51-52(13,14)37(6,7)8)40(35(43)50-36(3,4)5)45-23-28-22-44-38(9,10)47-28/h15-16,18,20-21,25,28,30,33H,17,19,22-23H2,1-14H3/t25-,28+,30-,33+/m0/s1. The fraction of sp³-hybridized carbons (Fsp3) is 0.667. The number of amides is 1. The van der Waals surface area contributed by atoms with E-state index >= 15 is 0 Å². The van der Waals surface area contributed by atoms with Crippen molar-refractivity contribution >= 4 is 37.9 Å². The van der Waals surface area contributed by atoms with Crippen LogP contribution in [-0.4, -0.2) is 81.0 Å².